The third kappa shape index (κ3) is 3.71. The van der Waals surface area contributed by atoms with Crippen molar-refractivity contribution in [2.24, 2.45) is 5.92 Å². The molecule has 1 aliphatic carbocycles. The average Bonchev–Trinajstić information content (AvgIpc) is 3.01. The monoisotopic (exact) mass is 223 g/mol. The van der Waals surface area contributed by atoms with Gasteiger partial charge < -0.3 is 15.2 Å². The molecule has 0 spiro atoms. The highest BCUT2D eigenvalue weighted by Gasteiger charge is 2.37. The van der Waals surface area contributed by atoms with Crippen LogP contribution in [0.5, 0.6) is 0 Å². The Bertz CT molecular complexity index is 221. The van der Waals surface area contributed by atoms with Crippen molar-refractivity contribution in [1.29, 1.82) is 0 Å². The Balaban J connectivity index is 2.35. The minimum absolute atomic E-state index is 0.155. The second kappa shape index (κ2) is 5.37. The molecule has 0 aromatic rings. The molecule has 1 rings (SSSR count). The summed E-state index contributed by atoms with van der Waals surface area (Å²) in [7, 11) is 1.25. The van der Waals surface area contributed by atoms with Gasteiger partial charge in [0.25, 0.3) is 6.43 Å². The van der Waals surface area contributed by atoms with Crippen molar-refractivity contribution in [2.75, 3.05) is 13.7 Å². The fraction of sp³-hybridized carbons (Fsp3) is 0.889. The lowest BCUT2D eigenvalue weighted by molar-refractivity contribution is -0.144. The molecule has 0 aromatic heterocycles. The third-order valence-electron chi connectivity index (χ3n) is 2.39. The van der Waals surface area contributed by atoms with Crippen LogP contribution in [0.3, 0.4) is 0 Å². The summed E-state index contributed by atoms with van der Waals surface area (Å²) in [6.45, 7) is -0.298. The lowest BCUT2D eigenvalue weighted by Crippen LogP contribution is -2.44. The number of rotatable bonds is 6. The minimum atomic E-state index is -2.80. The number of carbonyl (C=O) groups is 1. The van der Waals surface area contributed by atoms with Crippen LogP contribution in [0.2, 0.25) is 0 Å². The number of aliphatic hydroxyl groups is 1. The molecule has 2 N–H and O–H groups in total. The van der Waals surface area contributed by atoms with Gasteiger partial charge in [-0.05, 0) is 18.8 Å². The van der Waals surface area contributed by atoms with Crippen LogP contribution in [0.1, 0.15) is 12.8 Å². The van der Waals surface area contributed by atoms with Gasteiger partial charge in [0.2, 0.25) is 0 Å². The summed E-state index contributed by atoms with van der Waals surface area (Å²) in [5, 5.41) is 11.5. The van der Waals surface area contributed by atoms with E-state index >= 15 is 0 Å². The van der Waals surface area contributed by atoms with E-state index in [2.05, 4.69) is 10.1 Å². The third-order valence-corrected chi connectivity index (χ3v) is 2.39. The number of esters is 1. The van der Waals surface area contributed by atoms with Crippen LogP contribution in [-0.4, -0.2) is 43.3 Å². The van der Waals surface area contributed by atoms with Gasteiger partial charge in [0.1, 0.15) is 12.1 Å². The fourth-order valence-corrected chi connectivity index (χ4v) is 1.34. The Hall–Kier alpha value is -0.750. The van der Waals surface area contributed by atoms with Crippen molar-refractivity contribution in [2.45, 2.75) is 31.4 Å². The van der Waals surface area contributed by atoms with Crippen molar-refractivity contribution in [1.82, 2.24) is 5.32 Å². The van der Waals surface area contributed by atoms with Crippen LogP contribution in [-0.2, 0) is 9.53 Å². The van der Waals surface area contributed by atoms with Gasteiger partial charge >= 0.3 is 5.97 Å². The number of carbonyl (C=O) groups excluding carboxylic acids is 1. The maximum Gasteiger partial charge on any atom is 0.323 e. The number of methoxy groups -OCH3 is 1. The molecule has 0 bridgehead atoms. The number of halogens is 2. The molecule has 2 unspecified atom stereocenters. The van der Waals surface area contributed by atoms with Crippen molar-refractivity contribution < 1.29 is 23.4 Å². The molecular weight excluding hydrogens is 208 g/mol. The zero-order chi connectivity index (χ0) is 11.4. The quantitative estimate of drug-likeness (QED) is 0.629. The number of aliphatic hydroxyl groups excluding tert-OH is 1. The number of nitrogens with one attached hydrogen (secondary N) is 1. The van der Waals surface area contributed by atoms with Crippen LogP contribution in [0.25, 0.3) is 0 Å². The standard InChI is InChI=1S/C9H15F2NO3/c1-15-9(14)7(5-2-3-5)12-4-6(13)8(10)11/h5-8,12-13H,2-4H2,1H3. The molecule has 0 aliphatic heterocycles. The first-order valence-corrected chi connectivity index (χ1v) is 4.83. The molecule has 88 valence electrons. The van der Waals surface area contributed by atoms with Crippen LogP contribution < -0.4 is 5.32 Å². The maximum absolute atomic E-state index is 12.0. The highest BCUT2D eigenvalue weighted by molar-refractivity contribution is 5.76. The van der Waals surface area contributed by atoms with Gasteiger partial charge in [0.05, 0.1) is 7.11 Å². The van der Waals surface area contributed by atoms with Crippen LogP contribution in [0.4, 0.5) is 8.78 Å². The molecule has 15 heavy (non-hydrogen) atoms. The molecular formula is C9H15F2NO3. The maximum atomic E-state index is 12.0. The van der Waals surface area contributed by atoms with Gasteiger partial charge in [-0.1, -0.05) is 0 Å². The molecule has 0 radical (unpaired) electrons. The Morgan fingerprint density at radius 2 is 2.20 bits per heavy atom. The van der Waals surface area contributed by atoms with E-state index in [1.54, 1.807) is 0 Å². The van der Waals surface area contributed by atoms with Crippen LogP contribution in [0.15, 0.2) is 0 Å². The van der Waals surface area contributed by atoms with E-state index in [9.17, 15) is 13.6 Å². The predicted molar refractivity (Wildman–Crippen MR) is 48.5 cm³/mol. The summed E-state index contributed by atoms with van der Waals surface area (Å²) < 4.78 is 28.5. The molecule has 4 nitrogen and oxygen atoms in total. The molecule has 0 aromatic carbocycles. The van der Waals surface area contributed by atoms with E-state index in [1.165, 1.54) is 7.11 Å². The van der Waals surface area contributed by atoms with Crippen molar-refractivity contribution in [3.05, 3.63) is 0 Å². The van der Waals surface area contributed by atoms with Gasteiger partial charge in [-0.25, -0.2) is 8.78 Å². The summed E-state index contributed by atoms with van der Waals surface area (Å²) in [6.07, 6.45) is -2.76. The Labute approximate surface area is 86.6 Å². The van der Waals surface area contributed by atoms with Gasteiger partial charge in [-0.15, -0.1) is 0 Å². The predicted octanol–water partition coefficient (Wildman–Crippen LogP) is 0.154. The molecule has 0 amide bonds. The van der Waals surface area contributed by atoms with Gasteiger partial charge in [0, 0.05) is 6.54 Å². The Morgan fingerprint density at radius 3 is 2.60 bits per heavy atom. The molecule has 6 heteroatoms. The smallest absolute Gasteiger partial charge is 0.323 e. The van der Waals surface area contributed by atoms with Crippen molar-refractivity contribution in [3.63, 3.8) is 0 Å². The summed E-state index contributed by atoms with van der Waals surface area (Å²) in [6, 6.07) is -0.566. The fourth-order valence-electron chi connectivity index (χ4n) is 1.34. The molecule has 2 atom stereocenters. The van der Waals surface area contributed by atoms with Gasteiger partial charge in [0.15, 0.2) is 0 Å². The average molecular weight is 223 g/mol. The van der Waals surface area contributed by atoms with E-state index in [-0.39, 0.29) is 12.5 Å². The number of alkyl halides is 2. The first kappa shape index (κ1) is 12.3. The molecule has 0 saturated heterocycles. The topological polar surface area (TPSA) is 58.6 Å². The molecule has 0 heterocycles. The normalized spacial score (nSPS) is 20.1. The highest BCUT2D eigenvalue weighted by atomic mass is 19.3. The molecule has 1 aliphatic rings. The first-order chi connectivity index (χ1) is 7.06. The minimum Gasteiger partial charge on any atom is -0.468 e. The van der Waals surface area contributed by atoms with Crippen LogP contribution >= 0.6 is 0 Å². The lowest BCUT2D eigenvalue weighted by atomic mass is 10.2. The summed E-state index contributed by atoms with van der Waals surface area (Å²) in [4.78, 5) is 11.2. The van der Waals surface area contributed by atoms with E-state index in [0.29, 0.717) is 0 Å². The first-order valence-electron chi connectivity index (χ1n) is 4.83. The largest absolute Gasteiger partial charge is 0.468 e. The Morgan fingerprint density at radius 1 is 1.60 bits per heavy atom. The van der Waals surface area contributed by atoms with Crippen molar-refractivity contribution >= 4 is 5.97 Å². The number of hydrogen-bond donors (Lipinski definition) is 2. The lowest BCUT2D eigenvalue weighted by Gasteiger charge is -2.17. The van der Waals surface area contributed by atoms with Crippen molar-refractivity contribution in [3.8, 4) is 0 Å². The Kier molecular flexibility index (Phi) is 4.41. The summed E-state index contributed by atoms with van der Waals surface area (Å²) >= 11 is 0. The second-order valence-corrected chi connectivity index (χ2v) is 3.65. The molecule has 1 saturated carbocycles. The number of hydrogen-bond acceptors (Lipinski definition) is 4. The molecule has 1 fully saturated rings. The van der Waals surface area contributed by atoms with E-state index in [0.717, 1.165) is 12.8 Å². The summed E-state index contributed by atoms with van der Waals surface area (Å²) in [5.74, 6) is -0.304. The second-order valence-electron chi connectivity index (χ2n) is 3.65. The number of ether oxygens (including phenoxy) is 1. The van der Waals surface area contributed by atoms with Crippen LogP contribution in [0, 0.1) is 5.92 Å². The summed E-state index contributed by atoms with van der Waals surface area (Å²) in [5.41, 5.74) is 0. The van der Waals surface area contributed by atoms with E-state index in [1.807, 2.05) is 0 Å². The van der Waals surface area contributed by atoms with Gasteiger partial charge in [-0.3, -0.25) is 4.79 Å². The highest BCUT2D eigenvalue weighted by Crippen LogP contribution is 2.33. The van der Waals surface area contributed by atoms with Gasteiger partial charge in [-0.2, -0.15) is 0 Å². The van der Waals surface area contributed by atoms with E-state index in [4.69, 9.17) is 5.11 Å². The van der Waals surface area contributed by atoms with E-state index < -0.39 is 24.5 Å². The SMILES string of the molecule is COC(=O)C(NCC(O)C(F)F)C1CC1. The zero-order valence-corrected chi connectivity index (χ0v) is 8.45. The zero-order valence-electron chi connectivity index (χ0n) is 8.45.